The summed E-state index contributed by atoms with van der Waals surface area (Å²) in [5.41, 5.74) is 0. The number of carbonyl (C=O) groups is 1. The van der Waals surface area contributed by atoms with Gasteiger partial charge in [-0.1, -0.05) is 0 Å². The van der Waals surface area contributed by atoms with E-state index in [0.717, 1.165) is 0 Å². The van der Waals surface area contributed by atoms with Crippen LogP contribution in [0, 0.1) is 0 Å². The van der Waals surface area contributed by atoms with Crippen LogP contribution in [0.25, 0.3) is 0 Å². The molecule has 0 aromatic rings. The summed E-state index contributed by atoms with van der Waals surface area (Å²) in [6.07, 6.45) is 0. The minimum atomic E-state index is -0.0926. The average Bonchev–Trinajstić information content (AvgIpc) is 1.36. The molecule has 0 rings (SSSR count). The van der Waals surface area contributed by atoms with Crippen molar-refractivity contribution in [1.82, 2.24) is 0 Å². The number of carbonyl (C=O) groups excluding carboxylic acids is 1. The molecule has 1 atom stereocenters. The third-order valence-corrected chi connectivity index (χ3v) is 0.952. The summed E-state index contributed by atoms with van der Waals surface area (Å²) < 4.78 is 0. The van der Waals surface area contributed by atoms with Crippen LogP contribution in [0.3, 0.4) is 0 Å². The summed E-state index contributed by atoms with van der Waals surface area (Å²) in [4.78, 5) is 10.1. The smallest absolute Gasteiger partial charge is 0.142 e. The van der Waals surface area contributed by atoms with Crippen LogP contribution in [-0.2, 0) is 4.79 Å². The van der Waals surface area contributed by atoms with Crippen LogP contribution in [0.5, 0.6) is 0 Å². The Morgan fingerprint density at radius 3 is 2.00 bits per heavy atom. The zero-order valence-corrected chi connectivity index (χ0v) is 4.83. The molecule has 0 saturated carbocycles. The Hall–Kier alpha value is 0.0200. The van der Waals surface area contributed by atoms with Crippen LogP contribution in [0.4, 0.5) is 0 Å². The van der Waals surface area contributed by atoms with E-state index in [4.69, 9.17) is 0 Å². The summed E-state index contributed by atoms with van der Waals surface area (Å²) in [5, 5.41) is -0.0926. The maximum absolute atomic E-state index is 10.1. The molecule has 36 valence electrons. The van der Waals surface area contributed by atoms with Crippen molar-refractivity contribution in [2.75, 3.05) is 0 Å². The SMILES string of the molecule is CC(=O)[C@@H](C)S. The fourth-order valence-corrected chi connectivity index (χ4v) is 0. The van der Waals surface area contributed by atoms with E-state index in [1.165, 1.54) is 6.92 Å². The molecule has 0 aliphatic heterocycles. The molecular formula is C4H8OS. The van der Waals surface area contributed by atoms with Crippen molar-refractivity contribution >= 4 is 18.4 Å². The number of thiol groups is 1. The van der Waals surface area contributed by atoms with Gasteiger partial charge in [0.25, 0.3) is 0 Å². The van der Waals surface area contributed by atoms with Gasteiger partial charge in [-0.15, -0.1) is 0 Å². The molecule has 0 aliphatic rings. The van der Waals surface area contributed by atoms with Gasteiger partial charge in [-0.05, 0) is 13.8 Å². The van der Waals surface area contributed by atoms with Gasteiger partial charge in [-0.3, -0.25) is 4.79 Å². The molecule has 0 radical (unpaired) electrons. The Morgan fingerprint density at radius 2 is 2.00 bits per heavy atom. The van der Waals surface area contributed by atoms with Gasteiger partial charge >= 0.3 is 0 Å². The molecule has 0 N–H and O–H groups in total. The molecule has 0 spiro atoms. The van der Waals surface area contributed by atoms with E-state index in [1.807, 2.05) is 0 Å². The van der Waals surface area contributed by atoms with Crippen LogP contribution >= 0.6 is 12.6 Å². The van der Waals surface area contributed by atoms with Crippen molar-refractivity contribution in [2.45, 2.75) is 19.1 Å². The third-order valence-electron chi connectivity index (χ3n) is 0.588. The Bertz CT molecular complexity index is 58.6. The highest BCUT2D eigenvalue weighted by Crippen LogP contribution is 1.90. The normalized spacial score (nSPS) is 13.8. The van der Waals surface area contributed by atoms with E-state index in [0.29, 0.717) is 0 Å². The zero-order valence-electron chi connectivity index (χ0n) is 3.93. The summed E-state index contributed by atoms with van der Waals surface area (Å²) in [6.45, 7) is 3.28. The van der Waals surface area contributed by atoms with Gasteiger partial charge in [-0.2, -0.15) is 12.6 Å². The van der Waals surface area contributed by atoms with E-state index >= 15 is 0 Å². The zero-order chi connectivity index (χ0) is 5.15. The number of hydrogen-bond donors (Lipinski definition) is 1. The molecule has 0 bridgehead atoms. The monoisotopic (exact) mass is 104 g/mol. The molecule has 0 aromatic carbocycles. The molecule has 2 heteroatoms. The number of ketones is 1. The van der Waals surface area contributed by atoms with Crippen LogP contribution < -0.4 is 0 Å². The quantitative estimate of drug-likeness (QED) is 0.489. The lowest BCUT2D eigenvalue weighted by molar-refractivity contribution is -0.116. The molecular weight excluding hydrogens is 96.1 g/mol. The minimum absolute atomic E-state index is 0.0926. The van der Waals surface area contributed by atoms with E-state index in [1.54, 1.807) is 6.92 Å². The Labute approximate surface area is 43.2 Å². The third kappa shape index (κ3) is 2.27. The van der Waals surface area contributed by atoms with Crippen LogP contribution in [0.2, 0.25) is 0 Å². The Balaban J connectivity index is 3.26. The first-order valence-corrected chi connectivity index (χ1v) is 2.34. The van der Waals surface area contributed by atoms with Crippen molar-refractivity contribution in [3.05, 3.63) is 0 Å². The highest BCUT2D eigenvalue weighted by molar-refractivity contribution is 7.81. The van der Waals surface area contributed by atoms with Gasteiger partial charge in [0.1, 0.15) is 5.78 Å². The average molecular weight is 104 g/mol. The highest BCUT2D eigenvalue weighted by atomic mass is 32.1. The minimum Gasteiger partial charge on any atom is -0.299 e. The Morgan fingerprint density at radius 1 is 1.83 bits per heavy atom. The largest absolute Gasteiger partial charge is 0.299 e. The number of hydrogen-bond acceptors (Lipinski definition) is 2. The lowest BCUT2D eigenvalue weighted by Gasteiger charge is -1.90. The van der Waals surface area contributed by atoms with Gasteiger partial charge in [0.2, 0.25) is 0 Å². The van der Waals surface area contributed by atoms with E-state index in [9.17, 15) is 4.79 Å². The topological polar surface area (TPSA) is 17.1 Å². The van der Waals surface area contributed by atoms with Gasteiger partial charge in [0, 0.05) is 0 Å². The summed E-state index contributed by atoms with van der Waals surface area (Å²) in [5.74, 6) is 0.123. The van der Waals surface area contributed by atoms with Crippen molar-refractivity contribution in [3.8, 4) is 0 Å². The van der Waals surface area contributed by atoms with Crippen LogP contribution in [0.1, 0.15) is 13.8 Å². The molecule has 0 amide bonds. The van der Waals surface area contributed by atoms with Crippen LogP contribution in [0.15, 0.2) is 0 Å². The first-order valence-electron chi connectivity index (χ1n) is 1.83. The van der Waals surface area contributed by atoms with Gasteiger partial charge in [0.15, 0.2) is 0 Å². The maximum Gasteiger partial charge on any atom is 0.142 e. The molecule has 6 heavy (non-hydrogen) atoms. The second kappa shape index (κ2) is 2.24. The van der Waals surface area contributed by atoms with Crippen LogP contribution in [-0.4, -0.2) is 11.0 Å². The molecule has 0 heterocycles. The van der Waals surface area contributed by atoms with E-state index < -0.39 is 0 Å². The van der Waals surface area contributed by atoms with Crippen molar-refractivity contribution < 1.29 is 4.79 Å². The summed E-state index contributed by atoms with van der Waals surface area (Å²) >= 11 is 3.84. The molecule has 0 unspecified atom stereocenters. The van der Waals surface area contributed by atoms with E-state index in [2.05, 4.69) is 12.6 Å². The van der Waals surface area contributed by atoms with Crippen molar-refractivity contribution in [3.63, 3.8) is 0 Å². The molecule has 0 saturated heterocycles. The first-order chi connectivity index (χ1) is 2.64. The van der Waals surface area contributed by atoms with Gasteiger partial charge < -0.3 is 0 Å². The van der Waals surface area contributed by atoms with Crippen molar-refractivity contribution in [1.29, 1.82) is 0 Å². The standard InChI is InChI=1S/C4H8OS/c1-3(5)4(2)6/h4,6H,1-2H3/t4-/m1/s1. The second-order valence-corrected chi connectivity index (χ2v) is 2.06. The molecule has 0 aliphatic carbocycles. The van der Waals surface area contributed by atoms with Crippen molar-refractivity contribution in [2.24, 2.45) is 0 Å². The second-order valence-electron chi connectivity index (χ2n) is 1.29. The molecule has 0 fully saturated rings. The predicted octanol–water partition coefficient (Wildman–Crippen LogP) is 0.894. The number of rotatable bonds is 1. The van der Waals surface area contributed by atoms with E-state index in [-0.39, 0.29) is 11.0 Å². The first kappa shape index (κ1) is 6.02. The molecule has 1 nitrogen and oxygen atoms in total. The van der Waals surface area contributed by atoms with Gasteiger partial charge in [-0.25, -0.2) is 0 Å². The maximum atomic E-state index is 10.1. The number of Topliss-reactive ketones (excluding diaryl/α,β-unsaturated/α-hetero) is 1. The Kier molecular flexibility index (Phi) is 2.25. The predicted molar refractivity (Wildman–Crippen MR) is 29.1 cm³/mol. The lowest BCUT2D eigenvalue weighted by Crippen LogP contribution is -2.02. The lowest BCUT2D eigenvalue weighted by atomic mass is 10.3. The fourth-order valence-electron chi connectivity index (χ4n) is 0. The molecule has 0 aromatic heterocycles. The summed E-state index contributed by atoms with van der Waals surface area (Å²) in [6, 6.07) is 0. The fraction of sp³-hybridized carbons (Fsp3) is 0.750. The highest BCUT2D eigenvalue weighted by Gasteiger charge is 1.96. The van der Waals surface area contributed by atoms with Gasteiger partial charge in [0.05, 0.1) is 5.25 Å². The summed E-state index contributed by atoms with van der Waals surface area (Å²) in [7, 11) is 0.